The van der Waals surface area contributed by atoms with E-state index in [-0.39, 0.29) is 17.4 Å². The van der Waals surface area contributed by atoms with Crippen LogP contribution < -0.4 is 4.90 Å². The number of carbonyl (C=O) groups is 2. The Morgan fingerprint density at radius 2 is 1.82 bits per heavy atom. The fourth-order valence-electron chi connectivity index (χ4n) is 3.44. The molecule has 142 valence electrons. The number of aromatic nitrogens is 2. The first kappa shape index (κ1) is 17.9. The normalized spacial score (nSPS) is 14.0. The standard InChI is InChI=1S/C21H20N4O3/c1-24(2)20(26)15-11-25(12-15)16-7-17-18(9-22-10-19(17)23-8-16)13-3-5-14(6-4-13)21(27)28/h3-10,15H,11-12H2,1-2H3,(H,27,28). The van der Waals surface area contributed by atoms with E-state index in [1.165, 1.54) is 0 Å². The molecule has 1 saturated heterocycles. The van der Waals surface area contributed by atoms with E-state index in [0.717, 1.165) is 27.7 Å². The van der Waals surface area contributed by atoms with Crippen LogP contribution in [0.3, 0.4) is 0 Å². The first-order valence-corrected chi connectivity index (χ1v) is 8.97. The Balaban J connectivity index is 1.65. The van der Waals surface area contributed by atoms with Crippen LogP contribution in [0.4, 0.5) is 5.69 Å². The van der Waals surface area contributed by atoms with Gasteiger partial charge in [0.25, 0.3) is 0 Å². The Bertz CT molecular complexity index is 1060. The maximum Gasteiger partial charge on any atom is 0.335 e. The van der Waals surface area contributed by atoms with Crippen molar-refractivity contribution < 1.29 is 14.7 Å². The Hall–Kier alpha value is -3.48. The van der Waals surface area contributed by atoms with E-state index < -0.39 is 5.97 Å². The molecule has 0 saturated carbocycles. The maximum atomic E-state index is 12.1. The van der Waals surface area contributed by atoms with Gasteiger partial charge in [0.15, 0.2) is 0 Å². The molecule has 7 nitrogen and oxygen atoms in total. The van der Waals surface area contributed by atoms with Crippen molar-refractivity contribution in [1.29, 1.82) is 0 Å². The highest BCUT2D eigenvalue weighted by Crippen LogP contribution is 2.32. The molecule has 0 atom stereocenters. The second-order valence-electron chi connectivity index (χ2n) is 7.16. The van der Waals surface area contributed by atoms with Gasteiger partial charge in [-0.15, -0.1) is 0 Å². The first-order valence-electron chi connectivity index (χ1n) is 8.97. The number of aromatic carboxylic acids is 1. The molecule has 1 amide bonds. The number of pyridine rings is 2. The minimum absolute atomic E-state index is 0.0196. The molecular formula is C21H20N4O3. The fourth-order valence-corrected chi connectivity index (χ4v) is 3.44. The van der Waals surface area contributed by atoms with Crippen LogP contribution in [0.2, 0.25) is 0 Å². The summed E-state index contributed by atoms with van der Waals surface area (Å²) in [6.45, 7) is 1.36. The van der Waals surface area contributed by atoms with E-state index in [0.29, 0.717) is 13.1 Å². The van der Waals surface area contributed by atoms with E-state index in [1.54, 1.807) is 61.9 Å². The van der Waals surface area contributed by atoms with Crippen LogP contribution >= 0.6 is 0 Å². The predicted molar refractivity (Wildman–Crippen MR) is 106 cm³/mol. The summed E-state index contributed by atoms with van der Waals surface area (Å²) in [5.74, 6) is -0.786. The number of carbonyl (C=O) groups excluding carboxylic acids is 1. The second kappa shape index (κ2) is 6.92. The van der Waals surface area contributed by atoms with Gasteiger partial charge in [0, 0.05) is 44.3 Å². The molecule has 0 bridgehead atoms. The van der Waals surface area contributed by atoms with E-state index in [9.17, 15) is 9.59 Å². The number of benzene rings is 1. The number of carboxylic acids is 1. The first-order chi connectivity index (χ1) is 13.4. The van der Waals surface area contributed by atoms with Gasteiger partial charge in [-0.25, -0.2) is 4.79 Å². The van der Waals surface area contributed by atoms with Gasteiger partial charge in [0.2, 0.25) is 5.91 Å². The van der Waals surface area contributed by atoms with Gasteiger partial charge >= 0.3 is 5.97 Å². The van der Waals surface area contributed by atoms with Crippen molar-refractivity contribution in [2.75, 3.05) is 32.1 Å². The highest BCUT2D eigenvalue weighted by atomic mass is 16.4. The molecule has 7 heteroatoms. The molecule has 0 aliphatic carbocycles. The largest absolute Gasteiger partial charge is 0.478 e. The number of carboxylic acid groups (broad SMARTS) is 1. The summed E-state index contributed by atoms with van der Waals surface area (Å²) in [5.41, 5.74) is 3.75. The van der Waals surface area contributed by atoms with Gasteiger partial charge in [-0.3, -0.25) is 14.8 Å². The molecule has 28 heavy (non-hydrogen) atoms. The van der Waals surface area contributed by atoms with Crippen molar-refractivity contribution in [2.45, 2.75) is 0 Å². The van der Waals surface area contributed by atoms with E-state index in [2.05, 4.69) is 20.9 Å². The van der Waals surface area contributed by atoms with Gasteiger partial charge < -0.3 is 14.9 Å². The summed E-state index contributed by atoms with van der Waals surface area (Å²) < 4.78 is 0. The van der Waals surface area contributed by atoms with Crippen LogP contribution in [0.25, 0.3) is 22.0 Å². The molecule has 1 N–H and O–H groups in total. The molecule has 1 aliphatic rings. The van der Waals surface area contributed by atoms with Crippen molar-refractivity contribution in [3.05, 3.63) is 54.5 Å². The van der Waals surface area contributed by atoms with E-state index in [4.69, 9.17) is 5.11 Å². The fraction of sp³-hybridized carbons (Fsp3) is 0.238. The SMILES string of the molecule is CN(C)C(=O)C1CN(c2cnc3cncc(-c4ccc(C(=O)O)cc4)c3c2)C1. The van der Waals surface area contributed by atoms with Crippen LogP contribution in [-0.4, -0.2) is 59.0 Å². The second-order valence-corrected chi connectivity index (χ2v) is 7.16. The van der Waals surface area contributed by atoms with Gasteiger partial charge in [0.05, 0.1) is 35.1 Å². The highest BCUT2D eigenvalue weighted by Gasteiger charge is 2.34. The number of nitrogens with zero attached hydrogens (tertiary/aromatic N) is 4. The Kier molecular flexibility index (Phi) is 4.43. The zero-order valence-corrected chi connectivity index (χ0v) is 15.7. The zero-order valence-electron chi connectivity index (χ0n) is 15.7. The third-order valence-corrected chi connectivity index (χ3v) is 5.07. The van der Waals surface area contributed by atoms with Gasteiger partial charge in [-0.05, 0) is 23.8 Å². The summed E-state index contributed by atoms with van der Waals surface area (Å²) in [6, 6.07) is 8.78. The summed E-state index contributed by atoms with van der Waals surface area (Å²) in [6.07, 6.45) is 5.28. The predicted octanol–water partition coefficient (Wildman–Crippen LogP) is 2.52. The summed E-state index contributed by atoms with van der Waals surface area (Å²) in [5, 5.41) is 10.0. The monoisotopic (exact) mass is 376 g/mol. The number of hydrogen-bond donors (Lipinski definition) is 1. The van der Waals surface area contributed by atoms with Gasteiger partial charge in [-0.2, -0.15) is 0 Å². The van der Waals surface area contributed by atoms with Crippen molar-refractivity contribution in [3.63, 3.8) is 0 Å². The average Bonchev–Trinajstić information content (AvgIpc) is 2.66. The Labute approximate surface area is 162 Å². The molecule has 3 aromatic rings. The lowest BCUT2D eigenvalue weighted by molar-refractivity contribution is -0.133. The quantitative estimate of drug-likeness (QED) is 0.753. The number of anilines is 1. The lowest BCUT2D eigenvalue weighted by Gasteiger charge is -2.40. The number of rotatable bonds is 4. The third-order valence-electron chi connectivity index (χ3n) is 5.07. The van der Waals surface area contributed by atoms with E-state index >= 15 is 0 Å². The van der Waals surface area contributed by atoms with Gasteiger partial charge in [-0.1, -0.05) is 12.1 Å². The Morgan fingerprint density at radius 3 is 2.46 bits per heavy atom. The highest BCUT2D eigenvalue weighted by molar-refractivity contribution is 5.96. The van der Waals surface area contributed by atoms with Crippen molar-refractivity contribution in [3.8, 4) is 11.1 Å². The topological polar surface area (TPSA) is 86.6 Å². The van der Waals surface area contributed by atoms with E-state index in [1.807, 2.05) is 0 Å². The Morgan fingerprint density at radius 1 is 1.11 bits per heavy atom. The molecule has 0 spiro atoms. The zero-order chi connectivity index (χ0) is 19.8. The minimum atomic E-state index is -0.953. The van der Waals surface area contributed by atoms with Crippen LogP contribution in [0.5, 0.6) is 0 Å². The third kappa shape index (κ3) is 3.15. The lowest BCUT2D eigenvalue weighted by Crippen LogP contribution is -2.53. The summed E-state index contributed by atoms with van der Waals surface area (Å²) >= 11 is 0. The molecule has 2 aromatic heterocycles. The van der Waals surface area contributed by atoms with Crippen LogP contribution in [0.1, 0.15) is 10.4 Å². The van der Waals surface area contributed by atoms with Crippen molar-refractivity contribution in [2.24, 2.45) is 5.92 Å². The van der Waals surface area contributed by atoms with Crippen molar-refractivity contribution in [1.82, 2.24) is 14.9 Å². The smallest absolute Gasteiger partial charge is 0.335 e. The average molecular weight is 376 g/mol. The minimum Gasteiger partial charge on any atom is -0.478 e. The van der Waals surface area contributed by atoms with Gasteiger partial charge in [0.1, 0.15) is 0 Å². The summed E-state index contributed by atoms with van der Waals surface area (Å²) in [7, 11) is 3.55. The molecule has 4 rings (SSSR count). The van der Waals surface area contributed by atoms with Crippen molar-refractivity contribution >= 4 is 28.5 Å². The lowest BCUT2D eigenvalue weighted by atomic mass is 9.97. The van der Waals surface area contributed by atoms with Crippen LogP contribution in [0, 0.1) is 5.92 Å². The molecule has 3 heterocycles. The summed E-state index contributed by atoms with van der Waals surface area (Å²) in [4.78, 5) is 35.7. The molecule has 0 radical (unpaired) electrons. The maximum absolute atomic E-state index is 12.1. The molecule has 0 unspecified atom stereocenters. The van der Waals surface area contributed by atoms with Crippen LogP contribution in [0.15, 0.2) is 48.9 Å². The molecular weight excluding hydrogens is 356 g/mol. The molecule has 1 aromatic carbocycles. The molecule has 1 fully saturated rings. The number of fused-ring (bicyclic) bond motifs is 1. The number of amides is 1. The molecule has 1 aliphatic heterocycles. The number of hydrogen-bond acceptors (Lipinski definition) is 5. The van der Waals surface area contributed by atoms with Crippen LogP contribution in [-0.2, 0) is 4.79 Å².